The Hall–Kier alpha value is -1.37. The number of nitrogens with zero attached hydrogens (tertiary/aromatic N) is 2. The third-order valence-electron chi connectivity index (χ3n) is 4.28. The van der Waals surface area contributed by atoms with Gasteiger partial charge in [-0.05, 0) is 31.4 Å². The van der Waals surface area contributed by atoms with Crippen molar-refractivity contribution in [2.45, 2.75) is 18.9 Å². The highest BCUT2D eigenvalue weighted by Gasteiger charge is 2.34. The van der Waals surface area contributed by atoms with Crippen LogP contribution in [0, 0.1) is 16.0 Å². The second-order valence-corrected chi connectivity index (χ2v) is 6.04. The molecule has 120 valence electrons. The summed E-state index contributed by atoms with van der Waals surface area (Å²) >= 11 is 5.88. The topological polar surface area (TPSA) is 75.5 Å². The Morgan fingerprint density at radius 3 is 2.86 bits per heavy atom. The number of amides is 1. The minimum atomic E-state index is -0.532. The van der Waals surface area contributed by atoms with Gasteiger partial charge in [-0.15, -0.1) is 12.4 Å². The fourth-order valence-corrected chi connectivity index (χ4v) is 3.45. The van der Waals surface area contributed by atoms with Gasteiger partial charge in [0.15, 0.2) is 0 Å². The molecule has 0 bridgehead atoms. The lowest BCUT2D eigenvalue weighted by atomic mass is 9.93. The van der Waals surface area contributed by atoms with E-state index < -0.39 is 4.92 Å². The molecule has 0 saturated carbocycles. The average Bonchev–Trinajstić information content (AvgIpc) is 2.93. The highest BCUT2D eigenvalue weighted by atomic mass is 35.5. The number of carbonyl (C=O) groups is 1. The molecular formula is C14H17Cl2N3O3. The summed E-state index contributed by atoms with van der Waals surface area (Å²) in [5.74, 6) is 0.308. The van der Waals surface area contributed by atoms with E-state index in [2.05, 4.69) is 5.32 Å². The van der Waals surface area contributed by atoms with Gasteiger partial charge < -0.3 is 10.2 Å². The Labute approximate surface area is 139 Å². The molecule has 2 fully saturated rings. The van der Waals surface area contributed by atoms with Crippen LogP contribution in [0.3, 0.4) is 0 Å². The standard InChI is InChI=1S/C14H16ClN3O3.ClH/c15-11-5-10(6-12(7-11)18(20)21)14(19)17-4-2-13-9(8-17)1-3-16-13;/h5-7,9,13,16H,1-4,8H2;1H. The zero-order valence-corrected chi connectivity index (χ0v) is 13.4. The molecule has 2 atom stereocenters. The number of fused-ring (bicyclic) bond motifs is 1. The zero-order valence-electron chi connectivity index (χ0n) is 11.8. The highest BCUT2D eigenvalue weighted by Crippen LogP contribution is 2.27. The molecule has 22 heavy (non-hydrogen) atoms. The van der Waals surface area contributed by atoms with Crippen LogP contribution >= 0.6 is 24.0 Å². The van der Waals surface area contributed by atoms with E-state index in [1.807, 2.05) is 0 Å². The van der Waals surface area contributed by atoms with Gasteiger partial charge in [-0.3, -0.25) is 14.9 Å². The van der Waals surface area contributed by atoms with Crippen LogP contribution < -0.4 is 5.32 Å². The molecule has 2 aliphatic rings. The lowest BCUT2D eigenvalue weighted by molar-refractivity contribution is -0.384. The van der Waals surface area contributed by atoms with Gasteiger partial charge >= 0.3 is 0 Å². The minimum Gasteiger partial charge on any atom is -0.338 e. The Balaban J connectivity index is 0.00000176. The first-order chi connectivity index (χ1) is 10.0. The summed E-state index contributed by atoms with van der Waals surface area (Å²) in [6.07, 6.45) is 2.00. The van der Waals surface area contributed by atoms with Crippen molar-refractivity contribution in [3.8, 4) is 0 Å². The lowest BCUT2D eigenvalue weighted by Crippen LogP contribution is -2.46. The van der Waals surface area contributed by atoms with Gasteiger partial charge in [0.25, 0.3) is 11.6 Å². The van der Waals surface area contributed by atoms with Gasteiger partial charge in [0, 0.05) is 41.9 Å². The van der Waals surface area contributed by atoms with E-state index in [-0.39, 0.29) is 29.0 Å². The van der Waals surface area contributed by atoms with Crippen molar-refractivity contribution < 1.29 is 9.72 Å². The maximum Gasteiger partial charge on any atom is 0.271 e. The number of nitro benzene ring substituents is 1. The molecule has 6 nitrogen and oxygen atoms in total. The van der Waals surface area contributed by atoms with Gasteiger partial charge in [-0.25, -0.2) is 0 Å². The minimum absolute atomic E-state index is 0. The van der Waals surface area contributed by atoms with Crippen LogP contribution in [0.5, 0.6) is 0 Å². The number of non-ortho nitro benzene ring substituents is 1. The van der Waals surface area contributed by atoms with Gasteiger partial charge in [0.1, 0.15) is 0 Å². The number of carbonyl (C=O) groups excluding carboxylic acids is 1. The van der Waals surface area contributed by atoms with Crippen molar-refractivity contribution in [1.82, 2.24) is 10.2 Å². The third-order valence-corrected chi connectivity index (χ3v) is 4.50. The van der Waals surface area contributed by atoms with E-state index in [1.54, 1.807) is 4.90 Å². The quantitative estimate of drug-likeness (QED) is 0.659. The average molecular weight is 346 g/mol. The van der Waals surface area contributed by atoms with E-state index in [0.717, 1.165) is 19.4 Å². The maximum atomic E-state index is 12.5. The number of nitrogens with one attached hydrogen (secondary N) is 1. The SMILES string of the molecule is Cl.O=C(c1cc(Cl)cc([N+](=O)[O-])c1)N1CCC2NCCC2C1. The van der Waals surface area contributed by atoms with Crippen LogP contribution in [0.25, 0.3) is 0 Å². The maximum absolute atomic E-state index is 12.5. The molecule has 2 heterocycles. The molecule has 2 saturated heterocycles. The largest absolute Gasteiger partial charge is 0.338 e. The Kier molecular flexibility index (Phi) is 5.26. The van der Waals surface area contributed by atoms with Gasteiger partial charge in [-0.2, -0.15) is 0 Å². The first-order valence-corrected chi connectivity index (χ1v) is 7.40. The summed E-state index contributed by atoms with van der Waals surface area (Å²) in [5.41, 5.74) is 0.141. The predicted octanol–water partition coefficient (Wildman–Crippen LogP) is 2.49. The molecule has 1 N–H and O–H groups in total. The monoisotopic (exact) mass is 345 g/mol. The van der Waals surface area contributed by atoms with Crippen LogP contribution in [0.4, 0.5) is 5.69 Å². The second kappa shape index (κ2) is 6.81. The summed E-state index contributed by atoms with van der Waals surface area (Å²) < 4.78 is 0. The van der Waals surface area contributed by atoms with Gasteiger partial charge in [0.2, 0.25) is 0 Å². The van der Waals surface area contributed by atoms with Crippen LogP contribution in [-0.4, -0.2) is 41.4 Å². The van der Waals surface area contributed by atoms with Crippen molar-refractivity contribution in [3.63, 3.8) is 0 Å². The number of hydrogen-bond acceptors (Lipinski definition) is 4. The fourth-order valence-electron chi connectivity index (χ4n) is 3.22. The van der Waals surface area contributed by atoms with E-state index in [4.69, 9.17) is 11.6 Å². The zero-order chi connectivity index (χ0) is 15.0. The van der Waals surface area contributed by atoms with Crippen LogP contribution in [0.1, 0.15) is 23.2 Å². The number of likely N-dealkylation sites (tertiary alicyclic amines) is 1. The predicted molar refractivity (Wildman–Crippen MR) is 85.8 cm³/mol. The Morgan fingerprint density at radius 1 is 1.36 bits per heavy atom. The Morgan fingerprint density at radius 2 is 2.14 bits per heavy atom. The number of piperidine rings is 1. The molecule has 2 aliphatic heterocycles. The summed E-state index contributed by atoms with van der Waals surface area (Å²) in [6.45, 7) is 2.38. The van der Waals surface area contributed by atoms with Crippen molar-refractivity contribution in [2.24, 2.45) is 5.92 Å². The van der Waals surface area contributed by atoms with Crippen molar-refractivity contribution >= 4 is 35.6 Å². The first kappa shape index (κ1) is 17.0. The first-order valence-electron chi connectivity index (χ1n) is 7.02. The van der Waals surface area contributed by atoms with E-state index in [0.29, 0.717) is 30.6 Å². The molecule has 8 heteroatoms. The van der Waals surface area contributed by atoms with Crippen molar-refractivity contribution in [3.05, 3.63) is 38.9 Å². The van der Waals surface area contributed by atoms with Gasteiger partial charge in [0.05, 0.1) is 4.92 Å². The molecular weight excluding hydrogens is 329 g/mol. The molecule has 0 spiro atoms. The van der Waals surface area contributed by atoms with E-state index in [1.165, 1.54) is 18.2 Å². The highest BCUT2D eigenvalue weighted by molar-refractivity contribution is 6.31. The van der Waals surface area contributed by atoms with Gasteiger partial charge in [-0.1, -0.05) is 11.6 Å². The summed E-state index contributed by atoms with van der Waals surface area (Å²) in [7, 11) is 0. The lowest BCUT2D eigenvalue weighted by Gasteiger charge is -2.34. The molecule has 0 aliphatic carbocycles. The van der Waals surface area contributed by atoms with Crippen molar-refractivity contribution in [1.29, 1.82) is 0 Å². The molecule has 2 unspecified atom stereocenters. The number of hydrogen-bond donors (Lipinski definition) is 1. The van der Waals surface area contributed by atoms with Crippen molar-refractivity contribution in [2.75, 3.05) is 19.6 Å². The fraction of sp³-hybridized carbons (Fsp3) is 0.500. The molecule has 1 aromatic rings. The number of nitro groups is 1. The summed E-state index contributed by atoms with van der Waals surface area (Å²) in [6, 6.07) is 4.55. The number of benzene rings is 1. The van der Waals surface area contributed by atoms with E-state index >= 15 is 0 Å². The van der Waals surface area contributed by atoms with Crippen LogP contribution in [0.2, 0.25) is 5.02 Å². The normalized spacial score (nSPS) is 23.6. The van der Waals surface area contributed by atoms with Crippen LogP contribution in [0.15, 0.2) is 18.2 Å². The number of halogens is 2. The molecule has 0 radical (unpaired) electrons. The molecule has 1 aromatic carbocycles. The summed E-state index contributed by atoms with van der Waals surface area (Å²) in [4.78, 5) is 24.7. The smallest absolute Gasteiger partial charge is 0.271 e. The Bertz CT molecular complexity index is 597. The summed E-state index contributed by atoms with van der Waals surface area (Å²) in [5, 5.41) is 14.5. The molecule has 0 aromatic heterocycles. The molecule has 3 rings (SSSR count). The molecule has 1 amide bonds. The third kappa shape index (κ3) is 3.34. The van der Waals surface area contributed by atoms with E-state index in [9.17, 15) is 14.9 Å². The van der Waals surface area contributed by atoms with Crippen LogP contribution in [-0.2, 0) is 0 Å². The number of rotatable bonds is 2. The second-order valence-electron chi connectivity index (χ2n) is 5.60.